The van der Waals surface area contributed by atoms with Crippen LogP contribution in [0, 0.1) is 5.92 Å². The van der Waals surface area contributed by atoms with E-state index in [0.29, 0.717) is 6.42 Å². The Morgan fingerprint density at radius 1 is 1.44 bits per heavy atom. The molecule has 1 rings (SSSR count). The zero-order valence-corrected chi connectivity index (χ0v) is 10.7. The van der Waals surface area contributed by atoms with Crippen molar-refractivity contribution in [3.63, 3.8) is 0 Å². The van der Waals surface area contributed by atoms with E-state index >= 15 is 0 Å². The Kier molecular flexibility index (Phi) is 4.97. The number of hydrogen-bond acceptors (Lipinski definition) is 2. The molecule has 0 radical (unpaired) electrons. The molecule has 0 bridgehead atoms. The first-order valence-electron chi connectivity index (χ1n) is 6.36. The van der Waals surface area contributed by atoms with E-state index in [-0.39, 0.29) is 23.7 Å². The van der Waals surface area contributed by atoms with E-state index < -0.39 is 0 Å². The highest BCUT2D eigenvalue weighted by Crippen LogP contribution is 2.23. The lowest BCUT2D eigenvalue weighted by Gasteiger charge is -2.26. The van der Waals surface area contributed by atoms with Gasteiger partial charge in [-0.15, -0.1) is 0 Å². The molecule has 0 saturated carbocycles. The van der Waals surface area contributed by atoms with Crippen molar-refractivity contribution in [1.29, 1.82) is 0 Å². The quantitative estimate of drug-likeness (QED) is 0.720. The summed E-state index contributed by atoms with van der Waals surface area (Å²) in [6.45, 7) is 6.54. The SMILES string of the molecule is CCCC(C)C(=O)N1CCCC1CC(C)=O. The summed E-state index contributed by atoms with van der Waals surface area (Å²) in [6, 6.07) is 0.171. The Labute approximate surface area is 98.2 Å². The fourth-order valence-corrected chi connectivity index (χ4v) is 2.51. The molecule has 2 unspecified atom stereocenters. The molecule has 0 N–H and O–H groups in total. The van der Waals surface area contributed by atoms with E-state index in [1.807, 2.05) is 11.8 Å². The summed E-state index contributed by atoms with van der Waals surface area (Å²) < 4.78 is 0. The van der Waals surface area contributed by atoms with Gasteiger partial charge in [0.2, 0.25) is 5.91 Å². The number of rotatable bonds is 5. The molecule has 1 fully saturated rings. The number of ketones is 1. The van der Waals surface area contributed by atoms with Gasteiger partial charge in [-0.3, -0.25) is 9.59 Å². The van der Waals surface area contributed by atoms with E-state index in [1.54, 1.807) is 6.92 Å². The van der Waals surface area contributed by atoms with Crippen LogP contribution in [0.4, 0.5) is 0 Å². The molecular weight excluding hydrogens is 202 g/mol. The van der Waals surface area contributed by atoms with Gasteiger partial charge in [-0.1, -0.05) is 20.3 Å². The smallest absolute Gasteiger partial charge is 0.225 e. The highest BCUT2D eigenvalue weighted by molar-refractivity contribution is 5.81. The standard InChI is InChI=1S/C13H23NO2/c1-4-6-10(2)13(16)14-8-5-7-12(14)9-11(3)15/h10,12H,4-9H2,1-3H3. The van der Waals surface area contributed by atoms with Crippen LogP contribution >= 0.6 is 0 Å². The van der Waals surface area contributed by atoms with Gasteiger partial charge in [0, 0.05) is 24.9 Å². The predicted octanol–water partition coefficient (Wildman–Crippen LogP) is 2.39. The summed E-state index contributed by atoms with van der Waals surface area (Å²) in [5, 5.41) is 0. The number of likely N-dealkylation sites (tertiary alicyclic amines) is 1. The summed E-state index contributed by atoms with van der Waals surface area (Å²) in [6.07, 6.45) is 4.55. The molecule has 3 nitrogen and oxygen atoms in total. The maximum absolute atomic E-state index is 12.1. The number of Topliss-reactive ketones (excluding diaryl/α,β-unsaturated/α-hetero) is 1. The maximum atomic E-state index is 12.1. The molecule has 1 saturated heterocycles. The van der Waals surface area contributed by atoms with Crippen molar-refractivity contribution in [1.82, 2.24) is 4.90 Å². The molecule has 2 atom stereocenters. The minimum absolute atomic E-state index is 0.109. The fourth-order valence-electron chi connectivity index (χ4n) is 2.51. The first kappa shape index (κ1) is 13.2. The Hall–Kier alpha value is -0.860. The Morgan fingerprint density at radius 3 is 2.69 bits per heavy atom. The lowest BCUT2D eigenvalue weighted by atomic mass is 10.0. The number of nitrogens with zero attached hydrogens (tertiary/aromatic N) is 1. The summed E-state index contributed by atoms with van der Waals surface area (Å²) in [5.74, 6) is 0.538. The number of carbonyl (C=O) groups is 2. The van der Waals surface area contributed by atoms with Gasteiger partial charge < -0.3 is 4.90 Å². The van der Waals surface area contributed by atoms with E-state index in [2.05, 4.69) is 6.92 Å². The van der Waals surface area contributed by atoms with E-state index in [9.17, 15) is 9.59 Å². The molecule has 16 heavy (non-hydrogen) atoms. The molecule has 0 aromatic rings. The topological polar surface area (TPSA) is 37.4 Å². The molecule has 0 spiro atoms. The van der Waals surface area contributed by atoms with Crippen LogP contribution in [0.5, 0.6) is 0 Å². The van der Waals surface area contributed by atoms with Crippen molar-refractivity contribution in [3.8, 4) is 0 Å². The molecule has 0 aliphatic carbocycles. The molecule has 0 aromatic carbocycles. The van der Waals surface area contributed by atoms with Crippen LogP contribution in [0.3, 0.4) is 0 Å². The molecule has 92 valence electrons. The second-order valence-electron chi connectivity index (χ2n) is 4.92. The van der Waals surface area contributed by atoms with Crippen molar-refractivity contribution >= 4 is 11.7 Å². The van der Waals surface area contributed by atoms with Crippen molar-refractivity contribution < 1.29 is 9.59 Å². The van der Waals surface area contributed by atoms with Crippen LogP contribution in [-0.4, -0.2) is 29.2 Å². The largest absolute Gasteiger partial charge is 0.339 e. The van der Waals surface area contributed by atoms with Gasteiger partial charge >= 0.3 is 0 Å². The van der Waals surface area contributed by atoms with Gasteiger partial charge in [0.25, 0.3) is 0 Å². The van der Waals surface area contributed by atoms with Crippen LogP contribution in [0.2, 0.25) is 0 Å². The first-order chi connectivity index (χ1) is 7.56. The molecule has 1 aliphatic heterocycles. The van der Waals surface area contributed by atoms with Gasteiger partial charge in [-0.25, -0.2) is 0 Å². The zero-order chi connectivity index (χ0) is 12.1. The van der Waals surface area contributed by atoms with Gasteiger partial charge in [0.1, 0.15) is 5.78 Å². The van der Waals surface area contributed by atoms with Gasteiger partial charge in [0.05, 0.1) is 0 Å². The molecule has 1 heterocycles. The van der Waals surface area contributed by atoms with Crippen molar-refractivity contribution in [2.24, 2.45) is 5.92 Å². The predicted molar refractivity (Wildman–Crippen MR) is 64.1 cm³/mol. The van der Waals surface area contributed by atoms with Crippen molar-refractivity contribution in [3.05, 3.63) is 0 Å². The summed E-state index contributed by atoms with van der Waals surface area (Å²) >= 11 is 0. The third-order valence-corrected chi connectivity index (χ3v) is 3.33. The fraction of sp³-hybridized carbons (Fsp3) is 0.846. The average Bonchev–Trinajstić information content (AvgIpc) is 2.64. The summed E-state index contributed by atoms with van der Waals surface area (Å²) in [7, 11) is 0. The molecule has 0 aromatic heterocycles. The molecule has 3 heteroatoms. The third-order valence-electron chi connectivity index (χ3n) is 3.33. The molecule has 1 aliphatic rings. The van der Waals surface area contributed by atoms with Gasteiger partial charge in [-0.2, -0.15) is 0 Å². The Morgan fingerprint density at radius 2 is 2.12 bits per heavy atom. The number of amides is 1. The minimum atomic E-state index is 0.109. The van der Waals surface area contributed by atoms with E-state index in [0.717, 1.165) is 32.2 Å². The van der Waals surface area contributed by atoms with Crippen molar-refractivity contribution in [2.45, 2.75) is 58.9 Å². The third kappa shape index (κ3) is 3.32. The van der Waals surface area contributed by atoms with Crippen LogP contribution in [0.25, 0.3) is 0 Å². The Balaban J connectivity index is 2.56. The van der Waals surface area contributed by atoms with Crippen LogP contribution in [0.1, 0.15) is 52.9 Å². The first-order valence-corrected chi connectivity index (χ1v) is 6.36. The van der Waals surface area contributed by atoms with Crippen LogP contribution in [-0.2, 0) is 9.59 Å². The zero-order valence-electron chi connectivity index (χ0n) is 10.7. The monoisotopic (exact) mass is 225 g/mol. The van der Waals surface area contributed by atoms with Gasteiger partial charge in [-0.05, 0) is 26.2 Å². The lowest BCUT2D eigenvalue weighted by molar-refractivity contribution is -0.136. The average molecular weight is 225 g/mol. The molecule has 1 amide bonds. The summed E-state index contributed by atoms with van der Waals surface area (Å²) in [5.41, 5.74) is 0. The van der Waals surface area contributed by atoms with Crippen LogP contribution < -0.4 is 0 Å². The maximum Gasteiger partial charge on any atom is 0.225 e. The van der Waals surface area contributed by atoms with Gasteiger partial charge in [0.15, 0.2) is 0 Å². The van der Waals surface area contributed by atoms with Crippen molar-refractivity contribution in [2.75, 3.05) is 6.54 Å². The van der Waals surface area contributed by atoms with E-state index in [1.165, 1.54) is 0 Å². The highest BCUT2D eigenvalue weighted by Gasteiger charge is 2.31. The Bertz CT molecular complexity index is 263. The minimum Gasteiger partial charge on any atom is -0.339 e. The van der Waals surface area contributed by atoms with Crippen LogP contribution in [0.15, 0.2) is 0 Å². The lowest BCUT2D eigenvalue weighted by Crippen LogP contribution is -2.39. The molecular formula is C13H23NO2. The normalized spacial score (nSPS) is 22.2. The summed E-state index contributed by atoms with van der Waals surface area (Å²) in [4.78, 5) is 25.2. The second kappa shape index (κ2) is 6.02. The highest BCUT2D eigenvalue weighted by atomic mass is 16.2. The van der Waals surface area contributed by atoms with E-state index in [4.69, 9.17) is 0 Å². The second-order valence-corrected chi connectivity index (χ2v) is 4.92. The number of carbonyl (C=O) groups excluding carboxylic acids is 2. The number of hydrogen-bond donors (Lipinski definition) is 0.